The SMILES string of the molecule is Cc1ncc(C(=O)N(C)Cc2cccc3cnccc23)c(-c2ccccc2)n1. The predicted molar refractivity (Wildman–Crippen MR) is 110 cm³/mol. The summed E-state index contributed by atoms with van der Waals surface area (Å²) < 4.78 is 0. The number of carbonyl (C=O) groups is 1. The lowest BCUT2D eigenvalue weighted by atomic mass is 10.0. The molecule has 138 valence electrons. The van der Waals surface area contributed by atoms with E-state index in [1.54, 1.807) is 24.3 Å². The van der Waals surface area contributed by atoms with Crippen molar-refractivity contribution in [1.29, 1.82) is 0 Å². The van der Waals surface area contributed by atoms with Crippen LogP contribution in [-0.4, -0.2) is 32.8 Å². The normalized spacial score (nSPS) is 10.8. The molecular weight excluding hydrogens is 348 g/mol. The van der Waals surface area contributed by atoms with Crippen LogP contribution in [0.5, 0.6) is 0 Å². The van der Waals surface area contributed by atoms with Crippen molar-refractivity contribution < 1.29 is 4.79 Å². The van der Waals surface area contributed by atoms with Gasteiger partial charge in [0, 0.05) is 43.1 Å². The molecule has 0 aliphatic heterocycles. The topological polar surface area (TPSA) is 59.0 Å². The number of aryl methyl sites for hydroxylation is 1. The number of nitrogens with zero attached hydrogens (tertiary/aromatic N) is 4. The molecule has 0 saturated heterocycles. The number of carbonyl (C=O) groups excluding carboxylic acids is 1. The van der Waals surface area contributed by atoms with E-state index in [4.69, 9.17) is 0 Å². The molecule has 4 rings (SSSR count). The van der Waals surface area contributed by atoms with Crippen molar-refractivity contribution in [1.82, 2.24) is 19.9 Å². The molecule has 5 heteroatoms. The van der Waals surface area contributed by atoms with Gasteiger partial charge in [0.1, 0.15) is 5.82 Å². The van der Waals surface area contributed by atoms with Crippen molar-refractivity contribution in [2.45, 2.75) is 13.5 Å². The van der Waals surface area contributed by atoms with Crippen molar-refractivity contribution in [2.75, 3.05) is 7.05 Å². The minimum atomic E-state index is -0.107. The van der Waals surface area contributed by atoms with Crippen LogP contribution < -0.4 is 0 Å². The molecule has 5 nitrogen and oxygen atoms in total. The molecule has 4 aromatic rings. The molecule has 2 aromatic heterocycles. The molecule has 0 atom stereocenters. The monoisotopic (exact) mass is 368 g/mol. The van der Waals surface area contributed by atoms with E-state index in [1.165, 1.54) is 0 Å². The van der Waals surface area contributed by atoms with Crippen molar-refractivity contribution in [3.63, 3.8) is 0 Å². The van der Waals surface area contributed by atoms with Crippen LogP contribution in [0.2, 0.25) is 0 Å². The summed E-state index contributed by atoms with van der Waals surface area (Å²) in [6.07, 6.45) is 5.23. The quantitative estimate of drug-likeness (QED) is 0.540. The summed E-state index contributed by atoms with van der Waals surface area (Å²) >= 11 is 0. The summed E-state index contributed by atoms with van der Waals surface area (Å²) in [5.74, 6) is 0.532. The van der Waals surface area contributed by atoms with E-state index in [0.29, 0.717) is 23.6 Å². The van der Waals surface area contributed by atoms with Gasteiger partial charge in [0.05, 0.1) is 11.3 Å². The van der Waals surface area contributed by atoms with Gasteiger partial charge in [0.15, 0.2) is 0 Å². The third kappa shape index (κ3) is 3.47. The van der Waals surface area contributed by atoms with E-state index in [-0.39, 0.29) is 5.91 Å². The zero-order valence-electron chi connectivity index (χ0n) is 15.8. The van der Waals surface area contributed by atoms with Gasteiger partial charge < -0.3 is 4.90 Å². The van der Waals surface area contributed by atoms with Gasteiger partial charge in [-0.2, -0.15) is 0 Å². The molecular formula is C23H20N4O. The van der Waals surface area contributed by atoms with Gasteiger partial charge in [0.2, 0.25) is 0 Å². The van der Waals surface area contributed by atoms with Crippen LogP contribution in [0.15, 0.2) is 73.2 Å². The molecule has 1 amide bonds. The first-order valence-corrected chi connectivity index (χ1v) is 9.09. The predicted octanol–water partition coefficient (Wildman–Crippen LogP) is 4.27. The second kappa shape index (κ2) is 7.56. The zero-order valence-corrected chi connectivity index (χ0v) is 15.8. The standard InChI is InChI=1S/C23H20N4O/c1-16-25-14-21(22(26-16)17-7-4-3-5-8-17)23(28)27(2)15-19-10-6-9-18-13-24-12-11-20(18)19/h3-14H,15H2,1-2H3. The molecule has 0 N–H and O–H groups in total. The number of pyridine rings is 1. The molecule has 0 saturated carbocycles. The van der Waals surface area contributed by atoms with E-state index in [1.807, 2.05) is 67.7 Å². The molecule has 0 aliphatic rings. The molecule has 2 heterocycles. The smallest absolute Gasteiger partial charge is 0.257 e. The first kappa shape index (κ1) is 17.8. The fourth-order valence-corrected chi connectivity index (χ4v) is 3.30. The van der Waals surface area contributed by atoms with Gasteiger partial charge >= 0.3 is 0 Å². The van der Waals surface area contributed by atoms with Crippen LogP contribution in [0, 0.1) is 6.92 Å². The zero-order chi connectivity index (χ0) is 19.5. The second-order valence-corrected chi connectivity index (χ2v) is 6.72. The number of hydrogen-bond donors (Lipinski definition) is 0. The largest absolute Gasteiger partial charge is 0.337 e. The lowest BCUT2D eigenvalue weighted by Crippen LogP contribution is -2.27. The van der Waals surface area contributed by atoms with Gasteiger partial charge in [-0.25, -0.2) is 9.97 Å². The Morgan fingerprint density at radius 1 is 1.00 bits per heavy atom. The van der Waals surface area contributed by atoms with Crippen LogP contribution in [0.1, 0.15) is 21.7 Å². The Kier molecular flexibility index (Phi) is 4.81. The lowest BCUT2D eigenvalue weighted by molar-refractivity contribution is 0.0785. The molecule has 0 bridgehead atoms. The first-order chi connectivity index (χ1) is 13.6. The summed E-state index contributed by atoms with van der Waals surface area (Å²) in [7, 11) is 1.80. The Morgan fingerprint density at radius 2 is 1.82 bits per heavy atom. The van der Waals surface area contributed by atoms with Crippen molar-refractivity contribution in [3.8, 4) is 11.3 Å². The van der Waals surface area contributed by atoms with Crippen LogP contribution in [0.25, 0.3) is 22.0 Å². The summed E-state index contributed by atoms with van der Waals surface area (Å²) in [5.41, 5.74) is 3.14. The Bertz CT molecular complexity index is 1140. The van der Waals surface area contributed by atoms with Crippen molar-refractivity contribution in [3.05, 3.63) is 90.1 Å². The highest BCUT2D eigenvalue weighted by Gasteiger charge is 2.19. The van der Waals surface area contributed by atoms with E-state index < -0.39 is 0 Å². The van der Waals surface area contributed by atoms with Gasteiger partial charge in [-0.05, 0) is 23.9 Å². The first-order valence-electron chi connectivity index (χ1n) is 9.09. The lowest BCUT2D eigenvalue weighted by Gasteiger charge is -2.20. The highest BCUT2D eigenvalue weighted by molar-refractivity contribution is 5.99. The summed E-state index contributed by atoms with van der Waals surface area (Å²) in [4.78, 5) is 27.9. The van der Waals surface area contributed by atoms with Gasteiger partial charge in [0.25, 0.3) is 5.91 Å². The molecule has 0 fully saturated rings. The second-order valence-electron chi connectivity index (χ2n) is 6.72. The highest BCUT2D eigenvalue weighted by atomic mass is 16.2. The molecule has 28 heavy (non-hydrogen) atoms. The average molecular weight is 368 g/mol. The third-order valence-corrected chi connectivity index (χ3v) is 4.71. The number of hydrogen-bond acceptors (Lipinski definition) is 4. The number of fused-ring (bicyclic) bond motifs is 1. The van der Waals surface area contributed by atoms with Crippen LogP contribution >= 0.6 is 0 Å². The third-order valence-electron chi connectivity index (χ3n) is 4.71. The fourth-order valence-electron chi connectivity index (χ4n) is 3.30. The average Bonchev–Trinajstić information content (AvgIpc) is 2.74. The number of benzene rings is 2. The van der Waals surface area contributed by atoms with Gasteiger partial charge in [-0.3, -0.25) is 9.78 Å². The van der Waals surface area contributed by atoms with Crippen LogP contribution in [-0.2, 0) is 6.54 Å². The van der Waals surface area contributed by atoms with E-state index in [2.05, 4.69) is 15.0 Å². The molecule has 0 aliphatic carbocycles. The maximum absolute atomic E-state index is 13.2. The minimum Gasteiger partial charge on any atom is -0.337 e. The van der Waals surface area contributed by atoms with E-state index >= 15 is 0 Å². The summed E-state index contributed by atoms with van der Waals surface area (Å²) in [5, 5.41) is 2.16. The van der Waals surface area contributed by atoms with Gasteiger partial charge in [-0.15, -0.1) is 0 Å². The van der Waals surface area contributed by atoms with Crippen LogP contribution in [0.3, 0.4) is 0 Å². The molecule has 0 spiro atoms. The van der Waals surface area contributed by atoms with Crippen molar-refractivity contribution in [2.24, 2.45) is 0 Å². The summed E-state index contributed by atoms with van der Waals surface area (Å²) in [6, 6.07) is 17.8. The molecule has 0 unspecified atom stereocenters. The Morgan fingerprint density at radius 3 is 2.64 bits per heavy atom. The summed E-state index contributed by atoms with van der Waals surface area (Å²) in [6.45, 7) is 2.32. The fraction of sp³-hybridized carbons (Fsp3) is 0.130. The van der Waals surface area contributed by atoms with E-state index in [0.717, 1.165) is 21.9 Å². The Balaban J connectivity index is 1.68. The highest BCUT2D eigenvalue weighted by Crippen LogP contribution is 2.24. The van der Waals surface area contributed by atoms with Gasteiger partial charge in [-0.1, -0.05) is 48.5 Å². The Hall–Kier alpha value is -3.60. The molecule has 0 radical (unpaired) electrons. The number of aromatic nitrogens is 3. The number of amides is 1. The molecule has 2 aromatic carbocycles. The minimum absolute atomic E-state index is 0.107. The maximum atomic E-state index is 13.2. The Labute approximate surface area is 163 Å². The maximum Gasteiger partial charge on any atom is 0.257 e. The van der Waals surface area contributed by atoms with Crippen molar-refractivity contribution >= 4 is 16.7 Å². The van der Waals surface area contributed by atoms with E-state index in [9.17, 15) is 4.79 Å². The van der Waals surface area contributed by atoms with Crippen LogP contribution in [0.4, 0.5) is 0 Å². The number of rotatable bonds is 4.